The molecule has 3 aromatic carbocycles. The standard InChI is InChI=1S/C21H20N2/c22-19-12-4-8-16-10-5-13-21(23,20(16)19)14-17-9-3-7-15-6-1-2-11-18(15)17/h1-12H,13-14,22-23H2. The summed E-state index contributed by atoms with van der Waals surface area (Å²) in [6.07, 6.45) is 5.87. The molecule has 1 aliphatic carbocycles. The molecule has 2 nitrogen and oxygen atoms in total. The van der Waals surface area contributed by atoms with Gasteiger partial charge in [-0.2, -0.15) is 0 Å². The minimum atomic E-state index is -0.459. The molecule has 0 fully saturated rings. The SMILES string of the molecule is Nc1cccc2c1C(N)(Cc1cccc3ccccc13)CC=C2. The average molecular weight is 300 g/mol. The quantitative estimate of drug-likeness (QED) is 0.696. The van der Waals surface area contributed by atoms with E-state index in [0.29, 0.717) is 0 Å². The Hall–Kier alpha value is -2.58. The predicted molar refractivity (Wildman–Crippen MR) is 98.0 cm³/mol. The van der Waals surface area contributed by atoms with Crippen LogP contribution in [0.25, 0.3) is 16.8 Å². The highest BCUT2D eigenvalue weighted by molar-refractivity contribution is 5.86. The minimum absolute atomic E-state index is 0.459. The molecule has 1 unspecified atom stereocenters. The van der Waals surface area contributed by atoms with Gasteiger partial charge >= 0.3 is 0 Å². The lowest BCUT2D eigenvalue weighted by atomic mass is 9.75. The molecule has 0 saturated heterocycles. The minimum Gasteiger partial charge on any atom is -0.398 e. The summed E-state index contributed by atoms with van der Waals surface area (Å²) in [5.74, 6) is 0. The van der Waals surface area contributed by atoms with Gasteiger partial charge < -0.3 is 11.5 Å². The highest BCUT2D eigenvalue weighted by Gasteiger charge is 2.33. The van der Waals surface area contributed by atoms with E-state index in [4.69, 9.17) is 11.5 Å². The first kappa shape index (κ1) is 14.0. The van der Waals surface area contributed by atoms with Crippen LogP contribution in [0.15, 0.2) is 66.7 Å². The maximum Gasteiger partial charge on any atom is 0.0512 e. The molecule has 0 aromatic heterocycles. The Morgan fingerprint density at radius 3 is 2.61 bits per heavy atom. The van der Waals surface area contributed by atoms with Crippen LogP contribution in [0.3, 0.4) is 0 Å². The van der Waals surface area contributed by atoms with Crippen LogP contribution < -0.4 is 11.5 Å². The Morgan fingerprint density at radius 2 is 1.70 bits per heavy atom. The fraction of sp³-hybridized carbons (Fsp3) is 0.143. The molecule has 2 heteroatoms. The maximum absolute atomic E-state index is 6.86. The van der Waals surface area contributed by atoms with Crippen LogP contribution in [0.4, 0.5) is 5.69 Å². The highest BCUT2D eigenvalue weighted by Crippen LogP contribution is 2.38. The number of anilines is 1. The van der Waals surface area contributed by atoms with Crippen molar-refractivity contribution in [3.05, 3.63) is 83.4 Å². The Bertz CT molecular complexity index is 905. The van der Waals surface area contributed by atoms with Gasteiger partial charge in [-0.15, -0.1) is 0 Å². The zero-order valence-corrected chi connectivity index (χ0v) is 13.0. The largest absolute Gasteiger partial charge is 0.398 e. The van der Waals surface area contributed by atoms with Gasteiger partial charge in [0.05, 0.1) is 5.54 Å². The zero-order valence-electron chi connectivity index (χ0n) is 13.0. The van der Waals surface area contributed by atoms with Gasteiger partial charge in [-0.3, -0.25) is 0 Å². The van der Waals surface area contributed by atoms with Gasteiger partial charge in [0.25, 0.3) is 0 Å². The summed E-state index contributed by atoms with van der Waals surface area (Å²) in [4.78, 5) is 0. The molecule has 4 rings (SSSR count). The zero-order chi connectivity index (χ0) is 15.9. The van der Waals surface area contributed by atoms with Gasteiger partial charge in [0.2, 0.25) is 0 Å². The van der Waals surface area contributed by atoms with Crippen LogP contribution in [0, 0.1) is 0 Å². The first-order valence-corrected chi connectivity index (χ1v) is 7.98. The van der Waals surface area contributed by atoms with Crippen LogP contribution >= 0.6 is 0 Å². The van der Waals surface area contributed by atoms with E-state index in [0.717, 1.165) is 29.7 Å². The van der Waals surface area contributed by atoms with Crippen molar-refractivity contribution < 1.29 is 0 Å². The van der Waals surface area contributed by atoms with Crippen molar-refractivity contribution in [2.24, 2.45) is 5.73 Å². The molecule has 1 aliphatic rings. The number of benzene rings is 3. The van der Waals surface area contributed by atoms with E-state index in [1.54, 1.807) is 0 Å². The van der Waals surface area contributed by atoms with Crippen molar-refractivity contribution in [3.8, 4) is 0 Å². The number of rotatable bonds is 2. The van der Waals surface area contributed by atoms with Gasteiger partial charge in [-0.1, -0.05) is 66.7 Å². The summed E-state index contributed by atoms with van der Waals surface area (Å²) in [5.41, 5.74) is 17.0. The van der Waals surface area contributed by atoms with Crippen molar-refractivity contribution in [1.82, 2.24) is 0 Å². The van der Waals surface area contributed by atoms with Crippen molar-refractivity contribution in [3.63, 3.8) is 0 Å². The fourth-order valence-corrected chi connectivity index (χ4v) is 3.75. The summed E-state index contributed by atoms with van der Waals surface area (Å²) in [7, 11) is 0. The molecule has 114 valence electrons. The van der Waals surface area contributed by atoms with Crippen LogP contribution in [0.5, 0.6) is 0 Å². The number of nitrogen functional groups attached to an aromatic ring is 1. The molecule has 1 atom stereocenters. The van der Waals surface area contributed by atoms with Crippen molar-refractivity contribution in [2.45, 2.75) is 18.4 Å². The first-order valence-electron chi connectivity index (χ1n) is 7.98. The number of hydrogen-bond donors (Lipinski definition) is 2. The van der Waals surface area contributed by atoms with Crippen molar-refractivity contribution in [1.29, 1.82) is 0 Å². The lowest BCUT2D eigenvalue weighted by Gasteiger charge is -2.34. The molecule has 0 saturated carbocycles. The van der Waals surface area contributed by atoms with E-state index in [-0.39, 0.29) is 0 Å². The molecule has 4 N–H and O–H groups in total. The van der Waals surface area contributed by atoms with Crippen LogP contribution in [0.2, 0.25) is 0 Å². The number of fused-ring (bicyclic) bond motifs is 2. The van der Waals surface area contributed by atoms with Crippen molar-refractivity contribution in [2.75, 3.05) is 5.73 Å². The summed E-state index contributed by atoms with van der Waals surface area (Å²) < 4.78 is 0. The molecule has 0 radical (unpaired) electrons. The van der Waals surface area contributed by atoms with E-state index in [2.05, 4.69) is 60.7 Å². The molecular formula is C21H20N2. The third-order valence-corrected chi connectivity index (χ3v) is 4.79. The second-order valence-electron chi connectivity index (χ2n) is 6.39. The molecule has 23 heavy (non-hydrogen) atoms. The van der Waals surface area contributed by atoms with Crippen molar-refractivity contribution >= 4 is 22.5 Å². The molecule has 0 aliphatic heterocycles. The third-order valence-electron chi connectivity index (χ3n) is 4.79. The number of nitrogens with two attached hydrogens (primary N) is 2. The second kappa shape index (κ2) is 5.25. The summed E-state index contributed by atoms with van der Waals surface area (Å²) in [6, 6.07) is 20.9. The van der Waals surface area contributed by atoms with Crippen LogP contribution in [-0.2, 0) is 12.0 Å². The van der Waals surface area contributed by atoms with E-state index in [9.17, 15) is 0 Å². The van der Waals surface area contributed by atoms with E-state index in [1.165, 1.54) is 16.3 Å². The predicted octanol–water partition coefficient (Wildman–Crippen LogP) is 4.24. The average Bonchev–Trinajstić information content (AvgIpc) is 2.55. The fourth-order valence-electron chi connectivity index (χ4n) is 3.75. The van der Waals surface area contributed by atoms with E-state index >= 15 is 0 Å². The molecule has 0 amide bonds. The lowest BCUT2D eigenvalue weighted by Crippen LogP contribution is -2.41. The highest BCUT2D eigenvalue weighted by atomic mass is 14.8. The summed E-state index contributed by atoms with van der Waals surface area (Å²) in [5, 5.41) is 2.52. The smallest absolute Gasteiger partial charge is 0.0512 e. The summed E-state index contributed by atoms with van der Waals surface area (Å²) in [6.45, 7) is 0. The van der Waals surface area contributed by atoms with Gasteiger partial charge in [0, 0.05) is 11.3 Å². The molecule has 0 heterocycles. The molecule has 3 aromatic rings. The molecular weight excluding hydrogens is 280 g/mol. The maximum atomic E-state index is 6.86. The monoisotopic (exact) mass is 300 g/mol. The summed E-state index contributed by atoms with van der Waals surface area (Å²) >= 11 is 0. The van der Waals surface area contributed by atoms with Gasteiger partial charge in [0.15, 0.2) is 0 Å². The topological polar surface area (TPSA) is 52.0 Å². The lowest BCUT2D eigenvalue weighted by molar-refractivity contribution is 0.446. The van der Waals surface area contributed by atoms with E-state index < -0.39 is 5.54 Å². The Morgan fingerprint density at radius 1 is 0.913 bits per heavy atom. The van der Waals surface area contributed by atoms with Crippen LogP contribution in [0.1, 0.15) is 23.1 Å². The Labute approximate surface area is 136 Å². The Balaban J connectivity index is 1.84. The van der Waals surface area contributed by atoms with Gasteiger partial charge in [-0.25, -0.2) is 0 Å². The molecule has 0 spiro atoms. The van der Waals surface area contributed by atoms with Gasteiger partial charge in [0.1, 0.15) is 0 Å². The number of hydrogen-bond acceptors (Lipinski definition) is 2. The molecule has 0 bridgehead atoms. The van der Waals surface area contributed by atoms with Gasteiger partial charge in [-0.05, 0) is 40.8 Å². The Kier molecular flexibility index (Phi) is 3.21. The normalized spacial score (nSPS) is 19.7. The first-order chi connectivity index (χ1) is 11.2. The van der Waals surface area contributed by atoms with E-state index in [1.807, 2.05) is 12.1 Å². The van der Waals surface area contributed by atoms with Crippen LogP contribution in [-0.4, -0.2) is 0 Å². The second-order valence-corrected chi connectivity index (χ2v) is 6.39. The third kappa shape index (κ3) is 2.32.